The first-order chi connectivity index (χ1) is 16.0. The van der Waals surface area contributed by atoms with Crippen LogP contribution in [0.4, 0.5) is 0 Å². The van der Waals surface area contributed by atoms with E-state index < -0.39 is 17.8 Å². The van der Waals surface area contributed by atoms with Crippen LogP contribution in [0.2, 0.25) is 0 Å². The van der Waals surface area contributed by atoms with E-state index in [-0.39, 0.29) is 12.1 Å². The molecule has 0 heterocycles. The highest BCUT2D eigenvalue weighted by Gasteiger charge is 2.36. The highest BCUT2D eigenvalue weighted by atomic mass is 16.5. The molecule has 3 unspecified atom stereocenters. The van der Waals surface area contributed by atoms with E-state index in [0.717, 1.165) is 38.0 Å². The molecule has 3 atom stereocenters. The van der Waals surface area contributed by atoms with E-state index in [1.807, 2.05) is 12.2 Å². The zero-order valence-corrected chi connectivity index (χ0v) is 21.9. The monoisotopic (exact) mass is 464 g/mol. The average Bonchev–Trinajstić information content (AvgIpc) is 2.79. The lowest BCUT2D eigenvalue weighted by molar-refractivity contribution is -0.162. The van der Waals surface area contributed by atoms with Crippen molar-refractivity contribution in [2.45, 2.75) is 142 Å². The minimum Gasteiger partial charge on any atom is -0.481 e. The van der Waals surface area contributed by atoms with Crippen LogP contribution in [-0.4, -0.2) is 23.1 Å². The van der Waals surface area contributed by atoms with E-state index >= 15 is 0 Å². The number of rotatable bonds is 20. The summed E-state index contributed by atoms with van der Waals surface area (Å²) < 4.78 is 5.85. The predicted octanol–water partition coefficient (Wildman–Crippen LogP) is 8.48. The Morgan fingerprint density at radius 2 is 1.21 bits per heavy atom. The molecule has 0 bridgehead atoms. The van der Waals surface area contributed by atoms with Crippen molar-refractivity contribution in [2.75, 3.05) is 0 Å². The summed E-state index contributed by atoms with van der Waals surface area (Å²) in [6, 6.07) is 0. The summed E-state index contributed by atoms with van der Waals surface area (Å²) in [5.74, 6) is -1.53. The Morgan fingerprint density at radius 1 is 0.758 bits per heavy atom. The van der Waals surface area contributed by atoms with Gasteiger partial charge in [-0.2, -0.15) is 0 Å². The molecular formula is C29H52O4. The quantitative estimate of drug-likeness (QED) is 0.111. The van der Waals surface area contributed by atoms with Crippen molar-refractivity contribution in [1.82, 2.24) is 0 Å². The van der Waals surface area contributed by atoms with E-state index in [4.69, 9.17) is 4.74 Å². The first kappa shape index (κ1) is 29.7. The SMILES string of the molecule is CCCCC(CCCCCCCCCCCCCC(C)C)OC(=O)C1CC=CCC1C(=O)O. The largest absolute Gasteiger partial charge is 0.481 e. The van der Waals surface area contributed by atoms with Gasteiger partial charge >= 0.3 is 11.9 Å². The maximum atomic E-state index is 12.7. The first-order valence-electron chi connectivity index (χ1n) is 14.0. The molecule has 0 fully saturated rings. The lowest BCUT2D eigenvalue weighted by Gasteiger charge is -2.26. The van der Waals surface area contributed by atoms with E-state index in [1.54, 1.807) is 0 Å². The number of allylic oxidation sites excluding steroid dienone is 2. The fourth-order valence-electron chi connectivity index (χ4n) is 4.81. The molecule has 4 heteroatoms. The summed E-state index contributed by atoms with van der Waals surface area (Å²) in [7, 11) is 0. The molecule has 1 aliphatic rings. The van der Waals surface area contributed by atoms with Crippen molar-refractivity contribution in [2.24, 2.45) is 17.8 Å². The van der Waals surface area contributed by atoms with Gasteiger partial charge < -0.3 is 9.84 Å². The summed E-state index contributed by atoms with van der Waals surface area (Å²) >= 11 is 0. The highest BCUT2D eigenvalue weighted by Crippen LogP contribution is 2.28. The van der Waals surface area contributed by atoms with Crippen LogP contribution in [0.3, 0.4) is 0 Å². The van der Waals surface area contributed by atoms with Crippen LogP contribution in [0, 0.1) is 17.8 Å². The molecule has 0 aliphatic heterocycles. The van der Waals surface area contributed by atoms with E-state index in [2.05, 4.69) is 20.8 Å². The smallest absolute Gasteiger partial charge is 0.310 e. The molecule has 1 N–H and O–H groups in total. The molecule has 0 aromatic heterocycles. The molecule has 1 aliphatic carbocycles. The van der Waals surface area contributed by atoms with Crippen molar-refractivity contribution < 1.29 is 19.4 Å². The topological polar surface area (TPSA) is 63.6 Å². The molecule has 0 saturated carbocycles. The van der Waals surface area contributed by atoms with Crippen LogP contribution in [0.5, 0.6) is 0 Å². The van der Waals surface area contributed by atoms with Crippen molar-refractivity contribution in [1.29, 1.82) is 0 Å². The van der Waals surface area contributed by atoms with Gasteiger partial charge in [-0.3, -0.25) is 9.59 Å². The summed E-state index contributed by atoms with van der Waals surface area (Å²) in [5, 5.41) is 9.44. The van der Waals surface area contributed by atoms with Crippen molar-refractivity contribution in [3.63, 3.8) is 0 Å². The van der Waals surface area contributed by atoms with Crippen molar-refractivity contribution >= 4 is 11.9 Å². The number of aliphatic carboxylic acids is 1. The Hall–Kier alpha value is -1.32. The normalized spacial score (nSPS) is 19.0. The van der Waals surface area contributed by atoms with Gasteiger partial charge in [0.25, 0.3) is 0 Å². The Bertz CT molecular complexity index is 540. The van der Waals surface area contributed by atoms with Gasteiger partial charge in [-0.05, 0) is 38.0 Å². The molecule has 1 rings (SSSR count). The van der Waals surface area contributed by atoms with Crippen molar-refractivity contribution in [3.05, 3.63) is 12.2 Å². The second-order valence-electron chi connectivity index (χ2n) is 10.6. The van der Waals surface area contributed by atoms with Crippen LogP contribution in [0.1, 0.15) is 136 Å². The van der Waals surface area contributed by atoms with Crippen LogP contribution in [-0.2, 0) is 14.3 Å². The van der Waals surface area contributed by atoms with Gasteiger partial charge in [0, 0.05) is 0 Å². The summed E-state index contributed by atoms with van der Waals surface area (Å²) in [6.45, 7) is 6.77. The zero-order chi connectivity index (χ0) is 24.3. The lowest BCUT2D eigenvalue weighted by atomic mass is 9.83. The molecule has 0 radical (unpaired) electrons. The number of unbranched alkanes of at least 4 members (excludes halogenated alkanes) is 11. The van der Waals surface area contributed by atoms with E-state index in [0.29, 0.717) is 12.8 Å². The molecular weight excluding hydrogens is 412 g/mol. The second-order valence-corrected chi connectivity index (χ2v) is 10.6. The molecule has 0 spiro atoms. The third-order valence-corrected chi connectivity index (χ3v) is 7.02. The van der Waals surface area contributed by atoms with Gasteiger partial charge in [0.05, 0.1) is 11.8 Å². The highest BCUT2D eigenvalue weighted by molar-refractivity contribution is 5.81. The van der Waals surface area contributed by atoms with E-state index in [9.17, 15) is 14.7 Å². The molecule has 4 nitrogen and oxygen atoms in total. The number of carbonyl (C=O) groups is 2. The molecule has 0 aromatic rings. The minimum absolute atomic E-state index is 0.0616. The summed E-state index contributed by atoms with van der Waals surface area (Å²) in [4.78, 5) is 24.2. The Labute approximate surface area is 203 Å². The Morgan fingerprint density at radius 3 is 1.70 bits per heavy atom. The number of hydrogen-bond acceptors (Lipinski definition) is 3. The lowest BCUT2D eigenvalue weighted by Crippen LogP contribution is -2.34. The van der Waals surface area contributed by atoms with Gasteiger partial charge in [-0.1, -0.05) is 116 Å². The maximum absolute atomic E-state index is 12.7. The van der Waals surface area contributed by atoms with Crippen LogP contribution < -0.4 is 0 Å². The number of carboxylic acid groups (broad SMARTS) is 1. The fourth-order valence-corrected chi connectivity index (χ4v) is 4.81. The number of carbonyl (C=O) groups excluding carboxylic acids is 1. The van der Waals surface area contributed by atoms with Gasteiger partial charge in [0.2, 0.25) is 0 Å². The third kappa shape index (κ3) is 14.5. The molecule has 0 saturated heterocycles. The Kier molecular flexibility index (Phi) is 17.1. The number of esters is 1. The number of carboxylic acids is 1. The summed E-state index contributed by atoms with van der Waals surface area (Å²) in [5.41, 5.74) is 0. The number of ether oxygens (including phenoxy) is 1. The van der Waals surface area contributed by atoms with E-state index in [1.165, 1.54) is 70.6 Å². The molecule has 0 aromatic carbocycles. The molecule has 192 valence electrons. The molecule has 0 amide bonds. The zero-order valence-electron chi connectivity index (χ0n) is 21.9. The second kappa shape index (κ2) is 19.0. The van der Waals surface area contributed by atoms with Crippen molar-refractivity contribution in [3.8, 4) is 0 Å². The number of hydrogen-bond donors (Lipinski definition) is 1. The third-order valence-electron chi connectivity index (χ3n) is 7.02. The molecule has 33 heavy (non-hydrogen) atoms. The van der Waals surface area contributed by atoms with Crippen LogP contribution in [0.15, 0.2) is 12.2 Å². The predicted molar refractivity (Wildman–Crippen MR) is 137 cm³/mol. The standard InChI is InChI=1S/C29H52O4/c1-4-5-20-25(33-29(32)27-23-18-17-22-26(27)28(30)31)21-16-14-12-10-8-6-7-9-11-13-15-19-24(2)3/h17-18,24-27H,4-16,19-23H2,1-3H3,(H,30,31). The van der Waals surface area contributed by atoms with Gasteiger partial charge in [0.15, 0.2) is 0 Å². The first-order valence-corrected chi connectivity index (χ1v) is 14.0. The summed E-state index contributed by atoms with van der Waals surface area (Å²) in [6.07, 6.45) is 24.4. The van der Waals surface area contributed by atoms with Crippen LogP contribution >= 0.6 is 0 Å². The van der Waals surface area contributed by atoms with Gasteiger partial charge in [-0.15, -0.1) is 0 Å². The average molecular weight is 465 g/mol. The van der Waals surface area contributed by atoms with Gasteiger partial charge in [-0.25, -0.2) is 0 Å². The maximum Gasteiger partial charge on any atom is 0.310 e. The van der Waals surface area contributed by atoms with Gasteiger partial charge in [0.1, 0.15) is 6.10 Å². The fraction of sp³-hybridized carbons (Fsp3) is 0.862. The minimum atomic E-state index is -0.891. The van der Waals surface area contributed by atoms with Crippen LogP contribution in [0.25, 0.3) is 0 Å². The Balaban J connectivity index is 2.16.